The lowest BCUT2D eigenvalue weighted by atomic mass is 9.87. The molecule has 0 radical (unpaired) electrons. The zero-order chi connectivity index (χ0) is 25.5. The summed E-state index contributed by atoms with van der Waals surface area (Å²) in [6.07, 6.45) is 4.26. The van der Waals surface area contributed by atoms with Gasteiger partial charge in [0.1, 0.15) is 10.5 Å². The molecule has 6 rings (SSSR count). The Morgan fingerprint density at radius 1 is 1.08 bits per heavy atom. The number of piperazine rings is 1. The number of carbonyl (C=O) groups excluding carboxylic acids is 1. The molecule has 190 valence electrons. The molecule has 1 aliphatic heterocycles. The van der Waals surface area contributed by atoms with Crippen molar-refractivity contribution in [2.75, 3.05) is 26.2 Å². The van der Waals surface area contributed by atoms with Gasteiger partial charge in [0.05, 0.1) is 11.8 Å². The van der Waals surface area contributed by atoms with E-state index in [9.17, 15) is 14.0 Å². The monoisotopic (exact) mass is 516 g/mol. The molecule has 1 unspecified atom stereocenters. The van der Waals surface area contributed by atoms with Crippen LogP contribution < -0.4 is 5.56 Å². The zero-order valence-electron chi connectivity index (χ0n) is 20.8. The van der Waals surface area contributed by atoms with Gasteiger partial charge in [-0.2, -0.15) is 0 Å². The summed E-state index contributed by atoms with van der Waals surface area (Å²) in [6, 6.07) is 15.2. The van der Waals surface area contributed by atoms with Crippen molar-refractivity contribution in [1.82, 2.24) is 19.4 Å². The first kappa shape index (κ1) is 24.0. The molecule has 0 N–H and O–H groups in total. The molecule has 0 spiro atoms. The lowest BCUT2D eigenvalue weighted by molar-refractivity contribution is -0.130. The number of amides is 1. The van der Waals surface area contributed by atoms with Crippen LogP contribution in [0.25, 0.3) is 20.7 Å². The number of carbonyl (C=O) groups is 1. The predicted molar refractivity (Wildman–Crippen MR) is 144 cm³/mol. The van der Waals surface area contributed by atoms with Gasteiger partial charge in [0.2, 0.25) is 5.91 Å². The second kappa shape index (κ2) is 9.84. The van der Waals surface area contributed by atoms with E-state index in [2.05, 4.69) is 28.1 Å². The molecule has 1 amide bonds. The molecule has 1 saturated heterocycles. The molecule has 0 bridgehead atoms. The topological polar surface area (TPSA) is 58.4 Å². The summed E-state index contributed by atoms with van der Waals surface area (Å²) in [5.41, 5.74) is 5.01. The number of benzene rings is 2. The molecule has 3 heterocycles. The van der Waals surface area contributed by atoms with Crippen LogP contribution in [0.15, 0.2) is 59.7 Å². The van der Waals surface area contributed by atoms with Crippen molar-refractivity contribution < 1.29 is 9.18 Å². The quantitative estimate of drug-likeness (QED) is 0.396. The molecule has 37 heavy (non-hydrogen) atoms. The minimum Gasteiger partial charge on any atom is -0.340 e. The maximum Gasteiger partial charge on any atom is 0.271 e. The average Bonchev–Trinajstić information content (AvgIpc) is 3.34. The summed E-state index contributed by atoms with van der Waals surface area (Å²) in [5.74, 6) is -0.142. The van der Waals surface area contributed by atoms with E-state index >= 15 is 0 Å². The van der Waals surface area contributed by atoms with E-state index in [1.807, 2.05) is 11.0 Å². The van der Waals surface area contributed by atoms with E-state index in [-0.39, 0.29) is 23.3 Å². The van der Waals surface area contributed by atoms with Crippen molar-refractivity contribution in [3.63, 3.8) is 0 Å². The number of rotatable bonds is 4. The Bertz CT molecular complexity index is 1540. The fourth-order valence-corrected chi connectivity index (χ4v) is 6.66. The highest BCUT2D eigenvalue weighted by Gasteiger charge is 2.24. The number of halogens is 1. The SMILES string of the molecule is CC(=O)N1CCN(Cc2ccc3c(c2)CCC(n2cnc4cc(-c5ccccc5F)sc4c2=O)C3)CC1. The van der Waals surface area contributed by atoms with E-state index in [1.165, 1.54) is 34.1 Å². The summed E-state index contributed by atoms with van der Waals surface area (Å²) < 4.78 is 16.7. The summed E-state index contributed by atoms with van der Waals surface area (Å²) in [4.78, 5) is 34.6. The first-order chi connectivity index (χ1) is 18.0. The Kier molecular flexibility index (Phi) is 6.38. The van der Waals surface area contributed by atoms with Gasteiger partial charge >= 0.3 is 0 Å². The number of hydrogen-bond donors (Lipinski definition) is 0. The van der Waals surface area contributed by atoms with E-state index < -0.39 is 0 Å². The van der Waals surface area contributed by atoms with Gasteiger partial charge in [-0.15, -0.1) is 11.3 Å². The van der Waals surface area contributed by atoms with E-state index in [4.69, 9.17) is 0 Å². The zero-order valence-corrected chi connectivity index (χ0v) is 21.6. The van der Waals surface area contributed by atoms with Crippen LogP contribution in [-0.2, 0) is 24.2 Å². The summed E-state index contributed by atoms with van der Waals surface area (Å²) in [6.45, 7) is 5.92. The average molecular weight is 517 g/mol. The van der Waals surface area contributed by atoms with Crippen molar-refractivity contribution >= 4 is 27.5 Å². The van der Waals surface area contributed by atoms with Gasteiger partial charge in [-0.05, 0) is 48.1 Å². The van der Waals surface area contributed by atoms with E-state index in [0.717, 1.165) is 56.9 Å². The van der Waals surface area contributed by atoms with Crippen LogP contribution in [0.5, 0.6) is 0 Å². The Labute approximate surface area is 219 Å². The summed E-state index contributed by atoms with van der Waals surface area (Å²) in [7, 11) is 0. The van der Waals surface area contributed by atoms with Gasteiger partial charge in [0.15, 0.2) is 0 Å². The second-order valence-corrected chi connectivity index (χ2v) is 11.1. The van der Waals surface area contributed by atoms with Crippen molar-refractivity contribution in [3.8, 4) is 10.4 Å². The van der Waals surface area contributed by atoms with Crippen molar-refractivity contribution in [1.29, 1.82) is 0 Å². The number of aromatic nitrogens is 2. The fourth-order valence-electron chi connectivity index (χ4n) is 5.58. The molecule has 1 aliphatic carbocycles. The van der Waals surface area contributed by atoms with Gasteiger partial charge in [-0.3, -0.25) is 19.1 Å². The highest BCUT2D eigenvalue weighted by atomic mass is 32.1. The number of fused-ring (bicyclic) bond motifs is 2. The number of thiophene rings is 1. The third-order valence-corrected chi connectivity index (χ3v) is 8.84. The number of nitrogens with zero attached hydrogens (tertiary/aromatic N) is 4. The van der Waals surface area contributed by atoms with E-state index in [0.29, 0.717) is 15.8 Å². The Morgan fingerprint density at radius 3 is 2.68 bits per heavy atom. The largest absolute Gasteiger partial charge is 0.340 e. The van der Waals surface area contributed by atoms with Gasteiger partial charge in [0.25, 0.3) is 5.56 Å². The van der Waals surface area contributed by atoms with Gasteiger partial charge < -0.3 is 4.90 Å². The first-order valence-corrected chi connectivity index (χ1v) is 13.6. The van der Waals surface area contributed by atoms with Gasteiger partial charge in [-0.25, -0.2) is 9.37 Å². The predicted octanol–water partition coefficient (Wildman–Crippen LogP) is 4.66. The highest BCUT2D eigenvalue weighted by molar-refractivity contribution is 7.22. The molecular weight excluding hydrogens is 487 g/mol. The molecule has 2 aromatic heterocycles. The molecular formula is C29H29FN4O2S. The van der Waals surface area contributed by atoms with Crippen LogP contribution in [0.3, 0.4) is 0 Å². The lowest BCUT2D eigenvalue weighted by Gasteiger charge is -2.34. The highest BCUT2D eigenvalue weighted by Crippen LogP contribution is 2.34. The molecule has 2 aromatic carbocycles. The molecule has 4 aromatic rings. The normalized spacial score (nSPS) is 18.2. The molecule has 0 saturated carbocycles. The van der Waals surface area contributed by atoms with Crippen LogP contribution in [0.2, 0.25) is 0 Å². The van der Waals surface area contributed by atoms with Gasteiger partial charge in [-0.1, -0.05) is 36.4 Å². The van der Waals surface area contributed by atoms with E-state index in [1.54, 1.807) is 36.0 Å². The maximum absolute atomic E-state index is 14.3. The standard InChI is InChI=1S/C29H29FN4O2S/c1-19(35)33-12-10-32(11-13-33)17-20-6-7-22-15-23(9-8-21(22)14-20)34-18-31-26-16-27(37-28(26)29(34)36)24-4-2-3-5-25(24)30/h2-7,14,16,18,23H,8-13,15,17H2,1H3. The third kappa shape index (κ3) is 4.71. The number of aryl methyl sites for hydroxylation is 1. The minimum absolute atomic E-state index is 0.0487. The summed E-state index contributed by atoms with van der Waals surface area (Å²) in [5, 5.41) is 0. The maximum atomic E-state index is 14.3. The van der Waals surface area contributed by atoms with Crippen molar-refractivity contribution in [3.05, 3.63) is 87.7 Å². The third-order valence-electron chi connectivity index (χ3n) is 7.69. The molecule has 2 aliphatic rings. The lowest BCUT2D eigenvalue weighted by Crippen LogP contribution is -2.47. The molecule has 1 atom stereocenters. The fraction of sp³-hybridized carbons (Fsp3) is 0.345. The number of hydrogen-bond acceptors (Lipinski definition) is 5. The second-order valence-electron chi connectivity index (χ2n) is 10.0. The minimum atomic E-state index is -0.295. The van der Waals surface area contributed by atoms with Crippen LogP contribution in [-0.4, -0.2) is 51.4 Å². The van der Waals surface area contributed by atoms with Crippen LogP contribution in [0.1, 0.15) is 36.1 Å². The van der Waals surface area contributed by atoms with Crippen molar-refractivity contribution in [2.45, 2.75) is 38.8 Å². The molecule has 1 fully saturated rings. The Morgan fingerprint density at radius 2 is 1.89 bits per heavy atom. The summed E-state index contributed by atoms with van der Waals surface area (Å²) >= 11 is 1.31. The molecule has 6 nitrogen and oxygen atoms in total. The van der Waals surface area contributed by atoms with Crippen LogP contribution in [0.4, 0.5) is 4.39 Å². The van der Waals surface area contributed by atoms with Gasteiger partial charge in [0, 0.05) is 56.1 Å². The van der Waals surface area contributed by atoms with Crippen LogP contribution >= 0.6 is 11.3 Å². The first-order valence-electron chi connectivity index (χ1n) is 12.8. The Balaban J connectivity index is 1.19. The van der Waals surface area contributed by atoms with Crippen molar-refractivity contribution in [2.24, 2.45) is 0 Å². The van der Waals surface area contributed by atoms with Crippen LogP contribution in [0, 0.1) is 5.82 Å². The Hall–Kier alpha value is -3.36. The molecule has 8 heteroatoms. The smallest absolute Gasteiger partial charge is 0.271 e.